The summed E-state index contributed by atoms with van der Waals surface area (Å²) in [7, 11) is 0. The van der Waals surface area contributed by atoms with Crippen LogP contribution in [0.4, 0.5) is 17.5 Å². The third-order valence-electron chi connectivity index (χ3n) is 6.99. The number of hydrogen-bond donors (Lipinski definition) is 1. The maximum absolute atomic E-state index is 11.5. The molecule has 0 aliphatic carbocycles. The Kier molecular flexibility index (Phi) is 8.16. The van der Waals surface area contributed by atoms with Crippen LogP contribution in [0.5, 0.6) is 0 Å². The highest BCUT2D eigenvalue weighted by Crippen LogP contribution is 2.31. The Hall–Kier alpha value is -3.94. The third-order valence-corrected chi connectivity index (χ3v) is 6.99. The molecule has 2 saturated heterocycles. The quantitative estimate of drug-likeness (QED) is 0.454. The Labute approximate surface area is 222 Å². The molecule has 38 heavy (non-hydrogen) atoms. The van der Waals surface area contributed by atoms with Gasteiger partial charge < -0.3 is 19.7 Å². The van der Waals surface area contributed by atoms with Crippen LogP contribution >= 0.6 is 0 Å². The second-order valence-corrected chi connectivity index (χ2v) is 9.75. The van der Waals surface area contributed by atoms with E-state index in [0.717, 1.165) is 75.6 Å². The molecule has 0 aromatic carbocycles. The van der Waals surface area contributed by atoms with E-state index in [2.05, 4.69) is 41.1 Å². The van der Waals surface area contributed by atoms with E-state index in [1.54, 1.807) is 31.6 Å². The van der Waals surface area contributed by atoms with Crippen molar-refractivity contribution in [2.45, 2.75) is 45.2 Å². The van der Waals surface area contributed by atoms with Gasteiger partial charge in [0.2, 0.25) is 5.95 Å². The molecule has 1 unspecified atom stereocenters. The van der Waals surface area contributed by atoms with Gasteiger partial charge in [-0.25, -0.2) is 15.0 Å². The van der Waals surface area contributed by atoms with Gasteiger partial charge in [0.05, 0.1) is 42.0 Å². The number of Topliss-reactive ketones (excluding diaryl/α,β-unsaturated/α-hetero) is 1. The molecule has 5 rings (SSSR count). The van der Waals surface area contributed by atoms with Crippen LogP contribution in [0.25, 0.3) is 11.3 Å². The van der Waals surface area contributed by atoms with Gasteiger partial charge in [-0.1, -0.05) is 0 Å². The number of anilines is 3. The maximum Gasteiger partial charge on any atom is 0.227 e. The Balaban J connectivity index is 1.28. The molecule has 10 nitrogen and oxygen atoms in total. The molecule has 0 amide bonds. The molecule has 196 valence electrons. The number of pyridine rings is 2. The summed E-state index contributed by atoms with van der Waals surface area (Å²) in [5, 5.41) is 13.1. The first-order chi connectivity index (χ1) is 18.6. The number of hydrogen-bond acceptors (Lipinski definition) is 10. The molecule has 1 N–H and O–H groups in total. The van der Waals surface area contributed by atoms with Crippen LogP contribution < -0.4 is 10.2 Å². The van der Waals surface area contributed by atoms with Crippen LogP contribution in [0, 0.1) is 11.3 Å². The molecule has 10 heteroatoms. The minimum Gasteiger partial charge on any atom is -0.379 e. The Morgan fingerprint density at radius 3 is 2.79 bits per heavy atom. The van der Waals surface area contributed by atoms with Gasteiger partial charge in [0, 0.05) is 56.6 Å². The highest BCUT2D eigenvalue weighted by molar-refractivity contribution is 5.75. The van der Waals surface area contributed by atoms with Crippen LogP contribution in [0.3, 0.4) is 0 Å². The van der Waals surface area contributed by atoms with Gasteiger partial charge in [0.25, 0.3) is 0 Å². The molecule has 3 aromatic rings. The molecule has 2 aliphatic heterocycles. The normalized spacial score (nSPS) is 17.8. The summed E-state index contributed by atoms with van der Waals surface area (Å²) in [6.45, 7) is 6.63. The van der Waals surface area contributed by atoms with Crippen molar-refractivity contribution in [2.75, 3.05) is 43.1 Å². The highest BCUT2D eigenvalue weighted by atomic mass is 16.5. The van der Waals surface area contributed by atoms with Gasteiger partial charge in [-0.3, -0.25) is 9.88 Å². The average Bonchev–Trinajstić information content (AvgIpc) is 3.42. The number of ketones is 1. The third kappa shape index (κ3) is 6.30. The van der Waals surface area contributed by atoms with E-state index < -0.39 is 0 Å². The first-order valence-electron chi connectivity index (χ1n) is 13.1. The van der Waals surface area contributed by atoms with Crippen LogP contribution in [0.1, 0.15) is 43.9 Å². The topological polar surface area (TPSA) is 120 Å². The zero-order valence-corrected chi connectivity index (χ0v) is 21.6. The fourth-order valence-electron chi connectivity index (χ4n) is 4.98. The van der Waals surface area contributed by atoms with Crippen molar-refractivity contribution in [3.8, 4) is 17.3 Å². The van der Waals surface area contributed by atoms with Crippen molar-refractivity contribution < 1.29 is 9.53 Å². The molecule has 5 heterocycles. The summed E-state index contributed by atoms with van der Waals surface area (Å²) in [5.41, 5.74) is 3.72. The Morgan fingerprint density at radius 1 is 1.16 bits per heavy atom. The van der Waals surface area contributed by atoms with Gasteiger partial charge in [-0.15, -0.1) is 0 Å². The first kappa shape index (κ1) is 25.7. The lowest BCUT2D eigenvalue weighted by Crippen LogP contribution is -2.35. The fourth-order valence-corrected chi connectivity index (χ4v) is 4.98. The van der Waals surface area contributed by atoms with Gasteiger partial charge in [0.1, 0.15) is 17.7 Å². The SMILES string of the molecule is CC(=O)CCC1CCCN1c1ncc(-c2ccnc(Nc3ccc(CN4CCOCC4)nc3)n2)cc1C#N. The zero-order chi connectivity index (χ0) is 26.3. The highest BCUT2D eigenvalue weighted by Gasteiger charge is 2.28. The molecule has 0 saturated carbocycles. The number of carbonyl (C=O) groups excluding carboxylic acids is 1. The molecular weight excluding hydrogens is 480 g/mol. The lowest BCUT2D eigenvalue weighted by molar-refractivity contribution is -0.117. The number of ether oxygens (including phenoxy) is 1. The van der Waals surface area contributed by atoms with E-state index in [-0.39, 0.29) is 11.8 Å². The summed E-state index contributed by atoms with van der Waals surface area (Å²) >= 11 is 0. The summed E-state index contributed by atoms with van der Waals surface area (Å²) in [6, 6.07) is 10.2. The van der Waals surface area contributed by atoms with Gasteiger partial charge in [-0.05, 0) is 50.5 Å². The Morgan fingerprint density at radius 2 is 2.03 bits per heavy atom. The summed E-state index contributed by atoms with van der Waals surface area (Å²) in [6.07, 6.45) is 8.59. The van der Waals surface area contributed by atoms with Gasteiger partial charge in [-0.2, -0.15) is 5.26 Å². The van der Waals surface area contributed by atoms with Crippen LogP contribution in [-0.4, -0.2) is 69.5 Å². The van der Waals surface area contributed by atoms with E-state index in [1.807, 2.05) is 18.2 Å². The zero-order valence-electron chi connectivity index (χ0n) is 21.6. The van der Waals surface area contributed by atoms with Gasteiger partial charge >= 0.3 is 0 Å². The predicted octanol–water partition coefficient (Wildman–Crippen LogP) is 3.72. The molecule has 0 bridgehead atoms. The van der Waals surface area contributed by atoms with Crippen molar-refractivity contribution in [1.82, 2.24) is 24.8 Å². The summed E-state index contributed by atoms with van der Waals surface area (Å²) < 4.78 is 5.41. The van der Waals surface area contributed by atoms with Crippen molar-refractivity contribution in [1.29, 1.82) is 5.26 Å². The first-order valence-corrected chi connectivity index (χ1v) is 13.1. The molecule has 0 radical (unpaired) electrons. The van der Waals surface area contributed by atoms with Crippen molar-refractivity contribution in [3.63, 3.8) is 0 Å². The number of nitrogens with one attached hydrogen (secondary N) is 1. The van der Waals surface area contributed by atoms with E-state index in [9.17, 15) is 10.1 Å². The minimum atomic E-state index is 0.188. The largest absolute Gasteiger partial charge is 0.379 e. The van der Waals surface area contributed by atoms with E-state index in [0.29, 0.717) is 29.4 Å². The number of nitrogens with zero attached hydrogens (tertiary/aromatic N) is 7. The smallest absolute Gasteiger partial charge is 0.227 e. The maximum atomic E-state index is 11.5. The van der Waals surface area contributed by atoms with E-state index >= 15 is 0 Å². The van der Waals surface area contributed by atoms with E-state index in [1.165, 1.54) is 0 Å². The molecule has 3 aromatic heterocycles. The molecular formula is C28H32N8O2. The number of nitriles is 1. The van der Waals surface area contributed by atoms with Crippen molar-refractivity contribution in [2.24, 2.45) is 0 Å². The summed E-state index contributed by atoms with van der Waals surface area (Å²) in [5.74, 6) is 1.31. The predicted molar refractivity (Wildman–Crippen MR) is 144 cm³/mol. The number of rotatable bonds is 9. The number of morpholine rings is 1. The second-order valence-electron chi connectivity index (χ2n) is 9.75. The molecule has 0 spiro atoms. The van der Waals surface area contributed by atoms with Gasteiger partial charge in [0.15, 0.2) is 0 Å². The molecule has 2 aliphatic rings. The van der Waals surface area contributed by atoms with Crippen molar-refractivity contribution >= 4 is 23.2 Å². The minimum absolute atomic E-state index is 0.188. The fraction of sp³-hybridized carbons (Fsp3) is 0.429. The average molecular weight is 513 g/mol. The van der Waals surface area contributed by atoms with E-state index in [4.69, 9.17) is 4.74 Å². The lowest BCUT2D eigenvalue weighted by Gasteiger charge is -2.26. The monoisotopic (exact) mass is 512 g/mol. The van der Waals surface area contributed by atoms with Crippen LogP contribution in [0.2, 0.25) is 0 Å². The summed E-state index contributed by atoms with van der Waals surface area (Å²) in [4.78, 5) is 34.2. The molecule has 1 atom stereocenters. The molecule has 2 fully saturated rings. The second kappa shape index (κ2) is 12.1. The van der Waals surface area contributed by atoms with Crippen molar-refractivity contribution in [3.05, 3.63) is 54.1 Å². The van der Waals surface area contributed by atoms with Crippen LogP contribution in [-0.2, 0) is 16.1 Å². The van der Waals surface area contributed by atoms with Crippen LogP contribution in [0.15, 0.2) is 42.9 Å². The standard InChI is InChI=1S/C28H32N8O2/c1-20(37)4-7-25-3-2-10-36(25)27-21(16-29)15-22(17-32-27)26-8-9-30-28(34-26)33-23-5-6-24(31-18-23)19-35-11-13-38-14-12-35/h5-6,8-9,15,17-18,25H,2-4,7,10-14,19H2,1H3,(H,30,33,34). The number of aromatic nitrogens is 4. The lowest BCUT2D eigenvalue weighted by atomic mass is 10.1. The number of carbonyl (C=O) groups is 1. The Bertz CT molecular complexity index is 1300.